The van der Waals surface area contributed by atoms with E-state index in [1.807, 2.05) is 66.5 Å². The minimum Gasteiger partial charge on any atom is -0.486 e. The predicted octanol–water partition coefficient (Wildman–Crippen LogP) is 1.96. The molecule has 1 aliphatic rings. The minimum atomic E-state index is -0.635. The fourth-order valence-corrected chi connectivity index (χ4v) is 3.06. The highest BCUT2D eigenvalue weighted by Gasteiger charge is 2.30. The van der Waals surface area contributed by atoms with Crippen LogP contribution in [0.2, 0.25) is 0 Å². The molecule has 2 N–H and O–H groups in total. The third-order valence-electron chi connectivity index (χ3n) is 4.33. The van der Waals surface area contributed by atoms with Crippen molar-refractivity contribution in [2.24, 2.45) is 0 Å². The predicted molar refractivity (Wildman–Crippen MR) is 101 cm³/mol. The normalized spacial score (nSPS) is 16.5. The summed E-state index contributed by atoms with van der Waals surface area (Å²) in [5.41, 5.74) is 0.790. The lowest BCUT2D eigenvalue weighted by molar-refractivity contribution is -0.125. The van der Waals surface area contributed by atoms with Crippen molar-refractivity contribution < 1.29 is 19.1 Å². The number of amides is 3. The molecule has 1 aliphatic heterocycles. The first-order valence-electron chi connectivity index (χ1n) is 8.74. The van der Waals surface area contributed by atoms with Gasteiger partial charge in [-0.3, -0.25) is 15.0 Å². The van der Waals surface area contributed by atoms with E-state index >= 15 is 0 Å². The molecule has 0 fully saturated rings. The van der Waals surface area contributed by atoms with E-state index in [2.05, 4.69) is 10.6 Å². The Labute approximate surface area is 158 Å². The zero-order valence-electron chi connectivity index (χ0n) is 15.3. The van der Waals surface area contributed by atoms with Gasteiger partial charge in [-0.1, -0.05) is 42.5 Å². The summed E-state index contributed by atoms with van der Waals surface area (Å²) in [6.45, 7) is 0.842. The van der Waals surface area contributed by atoms with Crippen LogP contribution in [0.3, 0.4) is 0 Å². The number of imide groups is 1. The van der Waals surface area contributed by atoms with Gasteiger partial charge in [-0.15, -0.1) is 0 Å². The number of hydrogen-bond acceptors (Lipinski definition) is 5. The Balaban J connectivity index is 1.74. The molecule has 2 aromatic carbocycles. The van der Waals surface area contributed by atoms with Crippen LogP contribution in [0, 0.1) is 0 Å². The molecule has 0 radical (unpaired) electrons. The lowest BCUT2D eigenvalue weighted by atomic mass is 10.0. The van der Waals surface area contributed by atoms with E-state index in [9.17, 15) is 9.59 Å². The van der Waals surface area contributed by atoms with E-state index < -0.39 is 18.0 Å². The molecule has 142 valence electrons. The summed E-state index contributed by atoms with van der Waals surface area (Å²) in [7, 11) is 3.29. The first-order valence-corrected chi connectivity index (χ1v) is 8.74. The number of nitrogens with zero attached hydrogens (tertiary/aromatic N) is 1. The molecule has 7 heteroatoms. The van der Waals surface area contributed by atoms with Crippen molar-refractivity contribution >= 4 is 11.9 Å². The highest BCUT2D eigenvalue weighted by Crippen LogP contribution is 2.31. The summed E-state index contributed by atoms with van der Waals surface area (Å²) >= 11 is 0. The number of fused-ring (bicyclic) bond motifs is 1. The van der Waals surface area contributed by atoms with Gasteiger partial charge in [0.2, 0.25) is 5.91 Å². The SMILES string of the molecule is CNC(=O)NC(=O)[C@H](c1ccccc1)N(C)C[C@@H]1COc2ccccc2O1. The lowest BCUT2D eigenvalue weighted by Gasteiger charge is -2.33. The van der Waals surface area contributed by atoms with E-state index in [-0.39, 0.29) is 6.10 Å². The second kappa shape index (κ2) is 8.55. The maximum atomic E-state index is 12.7. The van der Waals surface area contributed by atoms with Gasteiger partial charge < -0.3 is 14.8 Å². The van der Waals surface area contributed by atoms with Gasteiger partial charge in [0.25, 0.3) is 0 Å². The van der Waals surface area contributed by atoms with Crippen molar-refractivity contribution in [3.63, 3.8) is 0 Å². The van der Waals surface area contributed by atoms with Crippen molar-refractivity contribution in [2.45, 2.75) is 12.1 Å². The lowest BCUT2D eigenvalue weighted by Crippen LogP contribution is -2.47. The molecule has 3 amide bonds. The summed E-state index contributed by atoms with van der Waals surface area (Å²) in [4.78, 5) is 26.2. The Morgan fingerprint density at radius 1 is 1.11 bits per heavy atom. The summed E-state index contributed by atoms with van der Waals surface area (Å²) in [5.74, 6) is 1.00. The monoisotopic (exact) mass is 369 g/mol. The zero-order valence-corrected chi connectivity index (χ0v) is 15.3. The molecule has 1 heterocycles. The van der Waals surface area contributed by atoms with Crippen LogP contribution in [0.4, 0.5) is 4.79 Å². The van der Waals surface area contributed by atoms with Gasteiger partial charge in [0.1, 0.15) is 18.8 Å². The van der Waals surface area contributed by atoms with Crippen LogP contribution in [0.15, 0.2) is 54.6 Å². The van der Waals surface area contributed by atoms with E-state index in [1.54, 1.807) is 0 Å². The second-order valence-corrected chi connectivity index (χ2v) is 6.32. The number of benzene rings is 2. The van der Waals surface area contributed by atoms with Gasteiger partial charge in [0.05, 0.1) is 0 Å². The summed E-state index contributed by atoms with van der Waals surface area (Å²) in [6, 6.07) is 15.6. The van der Waals surface area contributed by atoms with Crippen LogP contribution in [0.5, 0.6) is 11.5 Å². The summed E-state index contributed by atoms with van der Waals surface area (Å²) in [6.07, 6.45) is -0.232. The van der Waals surface area contributed by atoms with Crippen molar-refractivity contribution in [1.29, 1.82) is 0 Å². The molecule has 2 aromatic rings. The first kappa shape index (κ1) is 18.7. The standard InChI is InChI=1S/C20H23N3O4/c1-21-20(25)22-19(24)18(14-8-4-3-5-9-14)23(2)12-15-13-26-16-10-6-7-11-17(16)27-15/h3-11,15,18H,12-13H2,1-2H3,(H2,21,22,24,25)/t15-,18+/m1/s1. The fraction of sp³-hybridized carbons (Fsp3) is 0.300. The van der Waals surface area contributed by atoms with Gasteiger partial charge in [-0.05, 0) is 24.7 Å². The number of para-hydroxylation sites is 2. The average molecular weight is 369 g/mol. The largest absolute Gasteiger partial charge is 0.486 e. The Morgan fingerprint density at radius 2 is 1.78 bits per heavy atom. The van der Waals surface area contributed by atoms with Gasteiger partial charge in [-0.25, -0.2) is 4.79 Å². The molecular weight excluding hydrogens is 346 g/mol. The molecule has 7 nitrogen and oxygen atoms in total. The molecular formula is C20H23N3O4. The number of nitrogens with one attached hydrogen (secondary N) is 2. The van der Waals surface area contributed by atoms with E-state index in [1.165, 1.54) is 7.05 Å². The van der Waals surface area contributed by atoms with Crippen LogP contribution >= 0.6 is 0 Å². The number of urea groups is 1. The maximum Gasteiger partial charge on any atom is 0.321 e. The summed E-state index contributed by atoms with van der Waals surface area (Å²) in [5, 5.41) is 4.76. The molecule has 0 bridgehead atoms. The molecule has 0 saturated carbocycles. The third-order valence-corrected chi connectivity index (χ3v) is 4.33. The Bertz CT molecular complexity index is 797. The highest BCUT2D eigenvalue weighted by atomic mass is 16.6. The van der Waals surface area contributed by atoms with Gasteiger partial charge in [0.15, 0.2) is 11.5 Å². The van der Waals surface area contributed by atoms with Crippen molar-refractivity contribution in [1.82, 2.24) is 15.5 Å². The molecule has 0 unspecified atom stereocenters. The van der Waals surface area contributed by atoms with E-state index in [0.29, 0.717) is 24.7 Å². The smallest absolute Gasteiger partial charge is 0.321 e. The highest BCUT2D eigenvalue weighted by molar-refractivity contribution is 5.97. The first-order chi connectivity index (χ1) is 13.1. The van der Waals surface area contributed by atoms with Crippen LogP contribution in [-0.2, 0) is 4.79 Å². The topological polar surface area (TPSA) is 79.9 Å². The zero-order chi connectivity index (χ0) is 19.2. The number of carbonyl (C=O) groups is 2. The number of carbonyl (C=O) groups excluding carboxylic acids is 2. The molecule has 0 aromatic heterocycles. The Kier molecular flexibility index (Phi) is 5.93. The number of rotatable bonds is 5. The van der Waals surface area contributed by atoms with Crippen molar-refractivity contribution in [3.05, 3.63) is 60.2 Å². The van der Waals surface area contributed by atoms with Gasteiger partial charge in [-0.2, -0.15) is 0 Å². The quantitative estimate of drug-likeness (QED) is 0.842. The molecule has 0 spiro atoms. The maximum absolute atomic E-state index is 12.7. The van der Waals surface area contributed by atoms with Gasteiger partial charge >= 0.3 is 6.03 Å². The third kappa shape index (κ3) is 4.57. The molecule has 3 rings (SSSR count). The fourth-order valence-electron chi connectivity index (χ4n) is 3.06. The second-order valence-electron chi connectivity index (χ2n) is 6.32. The Hall–Kier alpha value is -3.06. The number of likely N-dealkylation sites (N-methyl/N-ethyl adjacent to an activating group) is 1. The summed E-state index contributed by atoms with van der Waals surface area (Å²) < 4.78 is 11.7. The molecule has 27 heavy (non-hydrogen) atoms. The van der Waals surface area contributed by atoms with Crippen LogP contribution in [-0.4, -0.2) is 50.2 Å². The molecule has 0 saturated heterocycles. The number of ether oxygens (including phenoxy) is 2. The van der Waals surface area contributed by atoms with Crippen LogP contribution in [0.25, 0.3) is 0 Å². The van der Waals surface area contributed by atoms with Crippen LogP contribution < -0.4 is 20.1 Å². The van der Waals surface area contributed by atoms with Crippen LogP contribution in [0.1, 0.15) is 11.6 Å². The van der Waals surface area contributed by atoms with Crippen molar-refractivity contribution in [2.75, 3.05) is 27.2 Å². The van der Waals surface area contributed by atoms with E-state index in [0.717, 1.165) is 5.56 Å². The van der Waals surface area contributed by atoms with Gasteiger partial charge in [0, 0.05) is 13.6 Å². The molecule has 2 atom stereocenters. The number of hydrogen-bond donors (Lipinski definition) is 2. The molecule has 0 aliphatic carbocycles. The van der Waals surface area contributed by atoms with Crippen molar-refractivity contribution in [3.8, 4) is 11.5 Å². The Morgan fingerprint density at radius 3 is 2.48 bits per heavy atom. The average Bonchev–Trinajstić information content (AvgIpc) is 2.68. The minimum absolute atomic E-state index is 0.232. The van der Waals surface area contributed by atoms with E-state index in [4.69, 9.17) is 9.47 Å².